The Hall–Kier alpha value is -2.08. The summed E-state index contributed by atoms with van der Waals surface area (Å²) >= 11 is 3.48. The first-order valence-electron chi connectivity index (χ1n) is 6.57. The number of carbonyl (C=O) groups excluding carboxylic acids is 1. The number of halogens is 1. The maximum absolute atomic E-state index is 12.1. The van der Waals surface area contributed by atoms with Gasteiger partial charge in [0, 0.05) is 41.1 Å². The summed E-state index contributed by atoms with van der Waals surface area (Å²) in [5.41, 5.74) is 8.68. The second-order valence-electron chi connectivity index (χ2n) is 4.80. The molecule has 0 aliphatic carbocycles. The Morgan fingerprint density at radius 3 is 3.14 bits per heavy atom. The number of amides is 1. The van der Waals surface area contributed by atoms with E-state index < -0.39 is 0 Å². The van der Waals surface area contributed by atoms with Gasteiger partial charge in [-0.2, -0.15) is 0 Å². The number of rotatable bonds is 3. The van der Waals surface area contributed by atoms with Gasteiger partial charge in [0.05, 0.1) is 12.2 Å². The van der Waals surface area contributed by atoms with Gasteiger partial charge in [0.1, 0.15) is 5.75 Å². The quantitative estimate of drug-likeness (QED) is 0.892. The van der Waals surface area contributed by atoms with Crippen LogP contribution in [-0.4, -0.2) is 17.5 Å². The molecule has 1 aromatic carbocycles. The highest BCUT2D eigenvalue weighted by Crippen LogP contribution is 2.32. The maximum atomic E-state index is 12.1. The molecule has 1 aromatic heterocycles. The number of hydrogen-bond donors (Lipinski definition) is 2. The van der Waals surface area contributed by atoms with E-state index in [9.17, 15) is 4.79 Å². The van der Waals surface area contributed by atoms with Gasteiger partial charge in [0.25, 0.3) is 5.91 Å². The molecule has 21 heavy (non-hydrogen) atoms. The number of nitrogens with zero attached hydrogens (tertiary/aromatic N) is 1. The molecule has 0 radical (unpaired) electrons. The van der Waals surface area contributed by atoms with E-state index >= 15 is 0 Å². The summed E-state index contributed by atoms with van der Waals surface area (Å²) in [6.45, 7) is 1.07. The van der Waals surface area contributed by atoms with E-state index in [0.29, 0.717) is 24.4 Å². The zero-order chi connectivity index (χ0) is 14.8. The smallest absolute Gasteiger partial charge is 0.255 e. The van der Waals surface area contributed by atoms with E-state index in [1.807, 2.05) is 12.1 Å². The minimum absolute atomic E-state index is 0.243. The van der Waals surface area contributed by atoms with Crippen molar-refractivity contribution in [1.29, 1.82) is 0 Å². The number of nitrogens with one attached hydrogen (secondary N) is 1. The summed E-state index contributed by atoms with van der Waals surface area (Å²) in [5, 5.41) is 2.85. The number of hydrogen-bond acceptors (Lipinski definition) is 4. The lowest BCUT2D eigenvalue weighted by Gasteiger charge is -2.11. The van der Waals surface area contributed by atoms with E-state index in [0.717, 1.165) is 27.8 Å². The molecule has 0 saturated carbocycles. The molecular weight excluding hydrogens is 334 g/mol. The van der Waals surface area contributed by atoms with Crippen molar-refractivity contribution < 1.29 is 9.53 Å². The van der Waals surface area contributed by atoms with Crippen LogP contribution < -0.4 is 15.8 Å². The van der Waals surface area contributed by atoms with Crippen LogP contribution in [0, 0.1) is 0 Å². The molecular formula is C15H14BrN3O2. The lowest BCUT2D eigenvalue weighted by atomic mass is 10.1. The number of nitrogen functional groups attached to an aromatic ring is 1. The Morgan fingerprint density at radius 1 is 1.48 bits per heavy atom. The number of carbonyl (C=O) groups is 1. The van der Waals surface area contributed by atoms with Crippen LogP contribution >= 0.6 is 15.9 Å². The van der Waals surface area contributed by atoms with Crippen LogP contribution in [0.25, 0.3) is 0 Å². The van der Waals surface area contributed by atoms with Gasteiger partial charge in [0.15, 0.2) is 0 Å². The Labute approximate surface area is 130 Å². The molecule has 2 heterocycles. The van der Waals surface area contributed by atoms with Crippen LogP contribution in [0.15, 0.2) is 35.1 Å². The Bertz CT molecular complexity index is 703. The highest BCUT2D eigenvalue weighted by atomic mass is 79.9. The molecule has 1 aliphatic rings. The van der Waals surface area contributed by atoms with Crippen molar-refractivity contribution in [3.05, 3.63) is 51.8 Å². The number of anilines is 1. The largest absolute Gasteiger partial charge is 0.493 e. The first-order chi connectivity index (χ1) is 10.1. The molecule has 2 aromatic rings. The Kier molecular flexibility index (Phi) is 3.79. The molecule has 108 valence electrons. The molecule has 0 bridgehead atoms. The minimum Gasteiger partial charge on any atom is -0.493 e. The molecule has 1 amide bonds. The molecule has 6 heteroatoms. The van der Waals surface area contributed by atoms with Gasteiger partial charge < -0.3 is 15.8 Å². The van der Waals surface area contributed by atoms with Gasteiger partial charge in [-0.25, -0.2) is 0 Å². The van der Waals surface area contributed by atoms with Crippen molar-refractivity contribution in [2.45, 2.75) is 13.0 Å². The molecule has 3 N–H and O–H groups in total. The molecule has 1 aliphatic heterocycles. The van der Waals surface area contributed by atoms with Gasteiger partial charge in [0.2, 0.25) is 0 Å². The van der Waals surface area contributed by atoms with Crippen molar-refractivity contribution >= 4 is 27.5 Å². The lowest BCUT2D eigenvalue weighted by Crippen LogP contribution is -2.24. The molecule has 0 spiro atoms. The molecule has 0 saturated heterocycles. The van der Waals surface area contributed by atoms with Crippen LogP contribution in [-0.2, 0) is 13.0 Å². The monoisotopic (exact) mass is 347 g/mol. The lowest BCUT2D eigenvalue weighted by molar-refractivity contribution is 0.0951. The predicted octanol–water partition coefficient (Wildman–Crippen LogP) is 2.29. The first-order valence-corrected chi connectivity index (χ1v) is 7.36. The summed E-state index contributed by atoms with van der Waals surface area (Å²) < 4.78 is 6.62. The second-order valence-corrected chi connectivity index (χ2v) is 5.71. The normalized spacial score (nSPS) is 12.6. The molecule has 0 fully saturated rings. The van der Waals surface area contributed by atoms with E-state index in [1.165, 1.54) is 6.20 Å². The molecule has 0 atom stereocenters. The molecule has 0 unspecified atom stereocenters. The highest BCUT2D eigenvalue weighted by Gasteiger charge is 2.18. The third kappa shape index (κ3) is 2.85. The average Bonchev–Trinajstić information content (AvgIpc) is 2.93. The second kappa shape index (κ2) is 5.73. The van der Waals surface area contributed by atoms with Crippen LogP contribution in [0.1, 0.15) is 21.5 Å². The van der Waals surface area contributed by atoms with E-state index in [1.54, 1.807) is 12.3 Å². The Morgan fingerprint density at radius 2 is 2.33 bits per heavy atom. The Balaban J connectivity index is 1.77. The summed E-state index contributed by atoms with van der Waals surface area (Å²) in [6, 6.07) is 5.61. The number of benzene rings is 1. The van der Waals surface area contributed by atoms with E-state index in [2.05, 4.69) is 26.2 Å². The number of ether oxygens (including phenoxy) is 1. The summed E-state index contributed by atoms with van der Waals surface area (Å²) in [6.07, 6.45) is 3.92. The predicted molar refractivity (Wildman–Crippen MR) is 83.2 cm³/mol. The molecule has 5 nitrogen and oxygen atoms in total. The summed E-state index contributed by atoms with van der Waals surface area (Å²) in [7, 11) is 0. The summed E-state index contributed by atoms with van der Waals surface area (Å²) in [4.78, 5) is 16.1. The van der Waals surface area contributed by atoms with Gasteiger partial charge in [-0.3, -0.25) is 9.78 Å². The van der Waals surface area contributed by atoms with Crippen molar-refractivity contribution in [2.24, 2.45) is 0 Å². The topological polar surface area (TPSA) is 77.2 Å². The fraction of sp³-hybridized carbons (Fsp3) is 0.200. The molecule has 3 rings (SSSR count). The maximum Gasteiger partial charge on any atom is 0.255 e. The first kappa shape index (κ1) is 13.9. The number of fused-ring (bicyclic) bond motifs is 1. The summed E-state index contributed by atoms with van der Waals surface area (Å²) in [5.74, 6) is 0.630. The average molecular weight is 348 g/mol. The number of nitrogens with two attached hydrogens (primary N) is 1. The van der Waals surface area contributed by atoms with Crippen molar-refractivity contribution in [1.82, 2.24) is 10.3 Å². The highest BCUT2D eigenvalue weighted by molar-refractivity contribution is 9.10. The van der Waals surface area contributed by atoms with Gasteiger partial charge >= 0.3 is 0 Å². The SMILES string of the molecule is Nc1ccncc1C(=O)NCc1cc(Br)cc2c1OCC2. The van der Waals surface area contributed by atoms with Gasteiger partial charge in [-0.1, -0.05) is 15.9 Å². The van der Waals surface area contributed by atoms with E-state index in [-0.39, 0.29) is 5.91 Å². The van der Waals surface area contributed by atoms with Crippen molar-refractivity contribution in [3.63, 3.8) is 0 Å². The van der Waals surface area contributed by atoms with E-state index in [4.69, 9.17) is 10.5 Å². The third-order valence-corrected chi connectivity index (χ3v) is 3.82. The van der Waals surface area contributed by atoms with Crippen molar-refractivity contribution in [2.75, 3.05) is 12.3 Å². The van der Waals surface area contributed by atoms with Gasteiger partial charge in [-0.15, -0.1) is 0 Å². The van der Waals surface area contributed by atoms with Crippen molar-refractivity contribution in [3.8, 4) is 5.75 Å². The number of aromatic nitrogens is 1. The fourth-order valence-corrected chi connectivity index (χ4v) is 2.90. The zero-order valence-electron chi connectivity index (χ0n) is 11.2. The van der Waals surface area contributed by atoms with Crippen LogP contribution in [0.2, 0.25) is 0 Å². The third-order valence-electron chi connectivity index (χ3n) is 3.36. The van der Waals surface area contributed by atoms with Crippen LogP contribution in [0.4, 0.5) is 5.69 Å². The van der Waals surface area contributed by atoms with Crippen LogP contribution in [0.5, 0.6) is 5.75 Å². The fourth-order valence-electron chi connectivity index (χ4n) is 2.34. The van der Waals surface area contributed by atoms with Crippen LogP contribution in [0.3, 0.4) is 0 Å². The minimum atomic E-state index is -0.243. The van der Waals surface area contributed by atoms with Gasteiger partial charge in [-0.05, 0) is 23.8 Å². The zero-order valence-corrected chi connectivity index (χ0v) is 12.8. The standard InChI is InChI=1S/C15H14BrN3O2/c16-11-5-9-2-4-21-14(9)10(6-11)7-19-15(20)12-8-18-3-1-13(12)17/h1,3,5-6,8H,2,4,7H2,(H2,17,18)(H,19,20). The number of pyridine rings is 1.